The summed E-state index contributed by atoms with van der Waals surface area (Å²) in [6.45, 7) is 6.69. The van der Waals surface area contributed by atoms with Gasteiger partial charge in [0.2, 0.25) is 11.7 Å². The van der Waals surface area contributed by atoms with E-state index in [1.54, 1.807) is 25.1 Å². The molecule has 0 radical (unpaired) electrons. The van der Waals surface area contributed by atoms with Crippen molar-refractivity contribution in [2.75, 3.05) is 13.1 Å². The molecule has 2 aliphatic heterocycles. The minimum absolute atomic E-state index is 0.00266. The van der Waals surface area contributed by atoms with Crippen LogP contribution in [-0.4, -0.2) is 51.9 Å². The molecule has 3 heterocycles. The van der Waals surface area contributed by atoms with Crippen LogP contribution in [0.4, 0.5) is 4.39 Å². The number of halogens is 1. The highest BCUT2D eigenvalue weighted by Crippen LogP contribution is 2.41. The highest BCUT2D eigenvalue weighted by atomic mass is 19.1. The maximum atomic E-state index is 13.5. The van der Waals surface area contributed by atoms with Crippen molar-refractivity contribution in [3.63, 3.8) is 0 Å². The van der Waals surface area contributed by atoms with Crippen molar-refractivity contribution < 1.29 is 18.5 Å². The Labute approximate surface area is 169 Å². The molecule has 2 fully saturated rings. The van der Waals surface area contributed by atoms with E-state index in [9.17, 15) is 14.0 Å². The topological polar surface area (TPSA) is 66.7 Å². The second-order valence-electron chi connectivity index (χ2n) is 8.30. The molecule has 2 amide bonds. The van der Waals surface area contributed by atoms with Crippen LogP contribution in [-0.2, 0) is 4.79 Å². The molecule has 1 aromatic carbocycles. The zero-order valence-corrected chi connectivity index (χ0v) is 17.0. The number of carbonyl (C=O) groups is 2. The summed E-state index contributed by atoms with van der Waals surface area (Å²) in [6.07, 6.45) is 1.66. The fraction of sp³-hybridized carbons (Fsp3) is 0.500. The van der Waals surface area contributed by atoms with E-state index in [-0.39, 0.29) is 47.3 Å². The van der Waals surface area contributed by atoms with E-state index in [1.807, 2.05) is 23.6 Å². The SMILES string of the molecule is CC(=O)N1CCC[C@@H]2[C@H]1[C@@H](c1ccc(F)cc1)CN2C(=O)c1cc(C(C)C)no1. The number of amides is 2. The molecule has 0 N–H and O–H groups in total. The summed E-state index contributed by atoms with van der Waals surface area (Å²) in [6, 6.07) is 7.86. The molecule has 1 aromatic heterocycles. The smallest absolute Gasteiger partial charge is 0.292 e. The lowest BCUT2D eigenvalue weighted by Gasteiger charge is -2.41. The molecule has 0 unspecified atom stereocenters. The van der Waals surface area contributed by atoms with Crippen molar-refractivity contribution in [2.45, 2.75) is 57.5 Å². The van der Waals surface area contributed by atoms with E-state index in [1.165, 1.54) is 12.1 Å². The Balaban J connectivity index is 1.68. The number of fused-ring (bicyclic) bond motifs is 1. The highest BCUT2D eigenvalue weighted by Gasteiger charge is 2.50. The van der Waals surface area contributed by atoms with Gasteiger partial charge in [0.1, 0.15) is 5.82 Å². The van der Waals surface area contributed by atoms with Crippen LogP contribution in [0.3, 0.4) is 0 Å². The van der Waals surface area contributed by atoms with E-state index in [2.05, 4.69) is 5.16 Å². The number of nitrogens with zero attached hydrogens (tertiary/aromatic N) is 3. The molecule has 154 valence electrons. The average molecular weight is 399 g/mol. The van der Waals surface area contributed by atoms with Crippen LogP contribution in [0.1, 0.15) is 67.3 Å². The molecule has 4 rings (SSSR count). The van der Waals surface area contributed by atoms with Gasteiger partial charge >= 0.3 is 0 Å². The van der Waals surface area contributed by atoms with Crippen LogP contribution in [0.25, 0.3) is 0 Å². The summed E-state index contributed by atoms with van der Waals surface area (Å²) >= 11 is 0. The fourth-order valence-corrected chi connectivity index (χ4v) is 4.70. The lowest BCUT2D eigenvalue weighted by molar-refractivity contribution is -0.133. The molecule has 0 spiro atoms. The van der Waals surface area contributed by atoms with E-state index < -0.39 is 0 Å². The maximum absolute atomic E-state index is 13.5. The first-order chi connectivity index (χ1) is 13.9. The molecule has 6 nitrogen and oxygen atoms in total. The van der Waals surface area contributed by atoms with Crippen molar-refractivity contribution >= 4 is 11.8 Å². The van der Waals surface area contributed by atoms with Crippen LogP contribution in [0, 0.1) is 5.82 Å². The number of aromatic nitrogens is 1. The van der Waals surface area contributed by atoms with Crippen LogP contribution in [0.15, 0.2) is 34.9 Å². The second kappa shape index (κ2) is 7.61. The van der Waals surface area contributed by atoms with Crippen LogP contribution in [0.2, 0.25) is 0 Å². The number of carbonyl (C=O) groups excluding carboxylic acids is 2. The van der Waals surface area contributed by atoms with Crippen molar-refractivity contribution in [3.8, 4) is 0 Å². The van der Waals surface area contributed by atoms with Gasteiger partial charge in [-0.25, -0.2) is 4.39 Å². The number of benzene rings is 1. The zero-order valence-electron chi connectivity index (χ0n) is 17.0. The van der Waals surface area contributed by atoms with Gasteiger partial charge in [0.15, 0.2) is 0 Å². The van der Waals surface area contributed by atoms with Gasteiger partial charge in [0.25, 0.3) is 5.91 Å². The van der Waals surface area contributed by atoms with Gasteiger partial charge in [-0.05, 0) is 36.5 Å². The Kier molecular flexibility index (Phi) is 5.15. The minimum Gasteiger partial charge on any atom is -0.351 e. The largest absolute Gasteiger partial charge is 0.351 e. The quantitative estimate of drug-likeness (QED) is 0.792. The third-order valence-corrected chi connectivity index (χ3v) is 6.15. The van der Waals surface area contributed by atoms with Gasteiger partial charge in [-0.15, -0.1) is 0 Å². The molecule has 0 saturated carbocycles. The summed E-state index contributed by atoms with van der Waals surface area (Å²) in [5.41, 5.74) is 1.68. The van der Waals surface area contributed by atoms with Crippen molar-refractivity contribution in [2.24, 2.45) is 0 Å². The Morgan fingerprint density at radius 3 is 2.55 bits per heavy atom. The monoisotopic (exact) mass is 399 g/mol. The lowest BCUT2D eigenvalue weighted by atomic mass is 9.86. The van der Waals surface area contributed by atoms with Crippen LogP contribution in [0.5, 0.6) is 0 Å². The van der Waals surface area contributed by atoms with Gasteiger partial charge < -0.3 is 14.3 Å². The summed E-state index contributed by atoms with van der Waals surface area (Å²) in [7, 11) is 0. The third-order valence-electron chi connectivity index (χ3n) is 6.15. The predicted molar refractivity (Wildman–Crippen MR) is 105 cm³/mol. The van der Waals surface area contributed by atoms with Crippen LogP contribution < -0.4 is 0 Å². The van der Waals surface area contributed by atoms with E-state index >= 15 is 0 Å². The minimum atomic E-state index is -0.300. The molecule has 2 aromatic rings. The van der Waals surface area contributed by atoms with Crippen molar-refractivity contribution in [1.29, 1.82) is 0 Å². The normalized spacial score (nSPS) is 24.1. The van der Waals surface area contributed by atoms with Gasteiger partial charge in [-0.3, -0.25) is 9.59 Å². The maximum Gasteiger partial charge on any atom is 0.292 e. The summed E-state index contributed by atoms with van der Waals surface area (Å²) in [5.74, 6) is -0.168. The molecule has 2 saturated heterocycles. The first-order valence-corrected chi connectivity index (χ1v) is 10.2. The van der Waals surface area contributed by atoms with E-state index in [0.717, 1.165) is 24.1 Å². The Morgan fingerprint density at radius 2 is 1.93 bits per heavy atom. The summed E-state index contributed by atoms with van der Waals surface area (Å²) < 4.78 is 18.8. The van der Waals surface area contributed by atoms with Gasteiger partial charge in [-0.1, -0.05) is 31.1 Å². The predicted octanol–water partition coefficient (Wildman–Crippen LogP) is 3.56. The Hall–Kier alpha value is -2.70. The first kappa shape index (κ1) is 19.6. The van der Waals surface area contributed by atoms with Crippen molar-refractivity contribution in [3.05, 3.63) is 53.2 Å². The highest BCUT2D eigenvalue weighted by molar-refractivity contribution is 5.92. The molecular formula is C22H26FN3O3. The molecule has 2 aliphatic rings. The van der Waals surface area contributed by atoms with Crippen LogP contribution >= 0.6 is 0 Å². The Morgan fingerprint density at radius 1 is 1.21 bits per heavy atom. The van der Waals surface area contributed by atoms with Crippen molar-refractivity contribution in [1.82, 2.24) is 15.0 Å². The lowest BCUT2D eigenvalue weighted by Crippen LogP contribution is -2.53. The molecule has 0 bridgehead atoms. The Bertz CT molecular complexity index is 908. The number of hydrogen-bond acceptors (Lipinski definition) is 4. The molecule has 29 heavy (non-hydrogen) atoms. The second-order valence-corrected chi connectivity index (χ2v) is 8.30. The fourth-order valence-electron chi connectivity index (χ4n) is 4.70. The molecule has 7 heteroatoms. The molecular weight excluding hydrogens is 373 g/mol. The van der Waals surface area contributed by atoms with Gasteiger partial charge in [0.05, 0.1) is 17.8 Å². The van der Waals surface area contributed by atoms with Gasteiger partial charge in [-0.2, -0.15) is 0 Å². The average Bonchev–Trinajstić information content (AvgIpc) is 3.33. The standard InChI is InChI=1S/C22H26FN3O3/c1-13(2)18-11-20(29-24-18)22(28)26-12-17(15-6-8-16(23)9-7-15)21-19(26)5-4-10-25(21)14(3)27/h6-9,11,13,17,19,21H,4-5,10,12H2,1-3H3/t17-,19-,21-/m1/s1. The third kappa shape index (κ3) is 3.54. The van der Waals surface area contributed by atoms with E-state index in [4.69, 9.17) is 4.52 Å². The number of hydrogen-bond donors (Lipinski definition) is 0. The zero-order chi connectivity index (χ0) is 20.7. The number of rotatable bonds is 3. The summed E-state index contributed by atoms with van der Waals surface area (Å²) in [5, 5.41) is 4.01. The van der Waals surface area contributed by atoms with Gasteiger partial charge in [0, 0.05) is 32.0 Å². The summed E-state index contributed by atoms with van der Waals surface area (Å²) in [4.78, 5) is 29.3. The molecule has 0 aliphatic carbocycles. The first-order valence-electron chi connectivity index (χ1n) is 10.2. The number of likely N-dealkylation sites (tertiary alicyclic amines) is 2. The molecule has 3 atom stereocenters. The van der Waals surface area contributed by atoms with E-state index in [0.29, 0.717) is 13.1 Å². The number of piperidine rings is 1.